The molecule has 0 N–H and O–H groups in total. The molecule has 0 aliphatic heterocycles. The van der Waals surface area contributed by atoms with E-state index in [1.807, 2.05) is 30.3 Å². The number of hydrogen-bond donors (Lipinski definition) is 0. The Morgan fingerprint density at radius 2 is 1.07 bits per heavy atom. The Labute approximate surface area is 230 Å². The molecule has 186 valence electrons. The van der Waals surface area contributed by atoms with Gasteiger partial charge in [-0.05, 0) is 42.0 Å². The van der Waals surface area contributed by atoms with Gasteiger partial charge >= 0.3 is 0 Å². The van der Waals surface area contributed by atoms with Crippen LogP contribution in [0.15, 0.2) is 134 Å². The molecule has 0 fully saturated rings. The molecule has 0 aliphatic rings. The largest absolute Gasteiger partial charge is 0.255 e. The zero-order valence-electron chi connectivity index (χ0n) is 21.5. The summed E-state index contributed by atoms with van der Waals surface area (Å²) in [5.41, 5.74) is 10.9. The van der Waals surface area contributed by atoms with Gasteiger partial charge in [0, 0.05) is 39.0 Å². The third-order valence-corrected chi connectivity index (χ3v) is 7.51. The highest BCUT2D eigenvalue weighted by Gasteiger charge is 2.14. The maximum atomic E-state index is 5.17. The van der Waals surface area contributed by atoms with E-state index in [2.05, 4.69) is 102 Å². The molecule has 0 saturated heterocycles. The highest BCUT2D eigenvalue weighted by molar-refractivity contribution is 6.16. The number of fused-ring (bicyclic) bond motifs is 5. The Morgan fingerprint density at radius 3 is 1.93 bits per heavy atom. The molecule has 4 nitrogen and oxygen atoms in total. The van der Waals surface area contributed by atoms with Crippen molar-refractivity contribution < 1.29 is 0 Å². The van der Waals surface area contributed by atoms with Gasteiger partial charge in [0.15, 0.2) is 0 Å². The summed E-state index contributed by atoms with van der Waals surface area (Å²) in [5.74, 6) is 0. The molecule has 0 saturated carbocycles. The van der Waals surface area contributed by atoms with Gasteiger partial charge in [-0.3, -0.25) is 4.98 Å². The topological polar surface area (TPSA) is 51.6 Å². The summed E-state index contributed by atoms with van der Waals surface area (Å²) in [7, 11) is 0. The zero-order chi connectivity index (χ0) is 26.5. The predicted molar refractivity (Wildman–Crippen MR) is 164 cm³/mol. The summed E-state index contributed by atoms with van der Waals surface area (Å²) in [6, 6.07) is 43.8. The minimum Gasteiger partial charge on any atom is -0.255 e. The van der Waals surface area contributed by atoms with Gasteiger partial charge in [-0.25, -0.2) is 15.0 Å². The second kappa shape index (κ2) is 9.07. The Kier molecular flexibility index (Phi) is 5.10. The van der Waals surface area contributed by atoms with Crippen molar-refractivity contribution in [3.05, 3.63) is 134 Å². The lowest BCUT2D eigenvalue weighted by Crippen LogP contribution is -1.93. The van der Waals surface area contributed by atoms with Gasteiger partial charge in [-0.15, -0.1) is 0 Å². The summed E-state index contributed by atoms with van der Waals surface area (Å²) in [4.78, 5) is 19.5. The van der Waals surface area contributed by atoms with E-state index in [1.165, 1.54) is 11.1 Å². The van der Waals surface area contributed by atoms with Crippen LogP contribution in [0.4, 0.5) is 0 Å². The molecule has 0 amide bonds. The average molecular weight is 511 g/mol. The van der Waals surface area contributed by atoms with E-state index in [1.54, 1.807) is 6.20 Å². The molecule has 0 radical (unpaired) electrons. The van der Waals surface area contributed by atoms with E-state index < -0.39 is 0 Å². The molecule has 8 rings (SSSR count). The van der Waals surface area contributed by atoms with Gasteiger partial charge in [0.25, 0.3) is 0 Å². The fraction of sp³-hybridized carbons (Fsp3) is 0. The quantitative estimate of drug-likeness (QED) is 0.176. The van der Waals surface area contributed by atoms with E-state index in [4.69, 9.17) is 15.0 Å². The molecule has 0 atom stereocenters. The first-order valence-corrected chi connectivity index (χ1v) is 13.3. The first-order valence-electron chi connectivity index (χ1n) is 13.3. The van der Waals surface area contributed by atoms with Crippen molar-refractivity contribution >= 4 is 43.7 Å². The summed E-state index contributed by atoms with van der Waals surface area (Å²) in [6.45, 7) is 0. The average Bonchev–Trinajstić information content (AvgIpc) is 3.03. The molecule has 4 heteroatoms. The number of rotatable bonds is 3. The van der Waals surface area contributed by atoms with Crippen molar-refractivity contribution in [3.8, 4) is 33.6 Å². The third kappa shape index (κ3) is 3.69. The minimum absolute atomic E-state index is 0.891. The van der Waals surface area contributed by atoms with Crippen molar-refractivity contribution in [1.82, 2.24) is 19.9 Å². The summed E-state index contributed by atoms with van der Waals surface area (Å²) in [5, 5.41) is 3.32. The van der Waals surface area contributed by atoms with Crippen LogP contribution in [0.1, 0.15) is 0 Å². The molecule has 0 spiro atoms. The maximum absolute atomic E-state index is 5.17. The summed E-state index contributed by atoms with van der Waals surface area (Å²) in [6.07, 6.45) is 1.79. The van der Waals surface area contributed by atoms with Crippen molar-refractivity contribution in [2.75, 3.05) is 0 Å². The van der Waals surface area contributed by atoms with Gasteiger partial charge in [-0.2, -0.15) is 0 Å². The van der Waals surface area contributed by atoms with Crippen LogP contribution < -0.4 is 0 Å². The van der Waals surface area contributed by atoms with Crippen LogP contribution in [0.2, 0.25) is 0 Å². The molecule has 0 unspecified atom stereocenters. The van der Waals surface area contributed by atoms with Gasteiger partial charge in [0.1, 0.15) is 0 Å². The Balaban J connectivity index is 1.28. The molecule has 4 aromatic heterocycles. The lowest BCUT2D eigenvalue weighted by molar-refractivity contribution is 1.33. The van der Waals surface area contributed by atoms with Crippen LogP contribution in [0, 0.1) is 0 Å². The van der Waals surface area contributed by atoms with Crippen molar-refractivity contribution in [2.24, 2.45) is 0 Å². The van der Waals surface area contributed by atoms with E-state index in [0.29, 0.717) is 0 Å². The number of benzene rings is 4. The molecular weight excluding hydrogens is 488 g/mol. The highest BCUT2D eigenvalue weighted by atomic mass is 14.8. The van der Waals surface area contributed by atoms with Crippen molar-refractivity contribution in [1.29, 1.82) is 0 Å². The van der Waals surface area contributed by atoms with Crippen molar-refractivity contribution in [2.45, 2.75) is 0 Å². The smallest absolute Gasteiger partial charge is 0.0978 e. The Morgan fingerprint density at radius 1 is 0.375 bits per heavy atom. The Bertz CT molecular complexity index is 2200. The predicted octanol–water partition coefficient (Wildman–Crippen LogP) is 8.88. The van der Waals surface area contributed by atoms with E-state index in [-0.39, 0.29) is 0 Å². The van der Waals surface area contributed by atoms with E-state index in [0.717, 1.165) is 66.3 Å². The lowest BCUT2D eigenvalue weighted by Gasteiger charge is -2.13. The maximum Gasteiger partial charge on any atom is 0.0978 e. The monoisotopic (exact) mass is 510 g/mol. The van der Waals surface area contributed by atoms with E-state index in [9.17, 15) is 0 Å². The Hall–Kier alpha value is -5.48. The minimum atomic E-state index is 0.891. The summed E-state index contributed by atoms with van der Waals surface area (Å²) < 4.78 is 0. The number of para-hydroxylation sites is 1. The second-order valence-electron chi connectivity index (χ2n) is 9.92. The molecule has 4 heterocycles. The van der Waals surface area contributed by atoms with Gasteiger partial charge < -0.3 is 0 Å². The van der Waals surface area contributed by atoms with Crippen LogP contribution in [0.25, 0.3) is 77.4 Å². The molecule has 0 aliphatic carbocycles. The number of hydrogen-bond acceptors (Lipinski definition) is 4. The van der Waals surface area contributed by atoms with Crippen LogP contribution in [0.3, 0.4) is 0 Å². The van der Waals surface area contributed by atoms with Crippen LogP contribution in [-0.4, -0.2) is 19.9 Å². The standard InChI is InChI=1S/C36H22N4/c1-2-7-25(8-3-1)34-27-9-4-5-10-31(27)40-36-28(34)18-16-26-17-19-30(39-35(26)36)24-14-12-23(13-15-24)29-20-21-32-33(38-29)11-6-22-37-32/h1-22H. The fourth-order valence-electron chi connectivity index (χ4n) is 5.54. The second-order valence-corrected chi connectivity index (χ2v) is 9.92. The SMILES string of the molecule is c1ccc(-c2c3ccccc3nc3c2ccc2ccc(-c4ccc(-c5ccc6ncccc6n5)cc4)nc23)cc1. The van der Waals surface area contributed by atoms with Crippen LogP contribution in [-0.2, 0) is 0 Å². The number of nitrogens with zero attached hydrogens (tertiary/aromatic N) is 4. The van der Waals surface area contributed by atoms with Gasteiger partial charge in [0.05, 0.1) is 39.0 Å². The van der Waals surface area contributed by atoms with Gasteiger partial charge in [0.2, 0.25) is 0 Å². The molecule has 4 aromatic carbocycles. The summed E-state index contributed by atoms with van der Waals surface area (Å²) >= 11 is 0. The first kappa shape index (κ1) is 22.5. The first-order chi connectivity index (χ1) is 19.8. The lowest BCUT2D eigenvalue weighted by atomic mass is 9.95. The zero-order valence-corrected chi connectivity index (χ0v) is 21.5. The van der Waals surface area contributed by atoms with Gasteiger partial charge in [-0.1, -0.05) is 91.0 Å². The van der Waals surface area contributed by atoms with E-state index >= 15 is 0 Å². The van der Waals surface area contributed by atoms with Crippen molar-refractivity contribution in [3.63, 3.8) is 0 Å². The highest BCUT2D eigenvalue weighted by Crippen LogP contribution is 2.37. The third-order valence-electron chi connectivity index (χ3n) is 7.51. The normalized spacial score (nSPS) is 11.5. The molecule has 40 heavy (non-hydrogen) atoms. The molecule has 0 bridgehead atoms. The number of aromatic nitrogens is 4. The van der Waals surface area contributed by atoms with Crippen LogP contribution in [0.5, 0.6) is 0 Å². The van der Waals surface area contributed by atoms with Crippen LogP contribution >= 0.6 is 0 Å². The molecular formula is C36H22N4. The number of pyridine rings is 4. The fourth-order valence-corrected chi connectivity index (χ4v) is 5.54. The molecule has 8 aromatic rings.